The molecule has 0 aliphatic carbocycles. The Kier molecular flexibility index (Phi) is 5.31. The van der Waals surface area contributed by atoms with Crippen molar-refractivity contribution in [1.82, 2.24) is 15.3 Å². The summed E-state index contributed by atoms with van der Waals surface area (Å²) in [5, 5.41) is 5.79. The molecule has 1 aliphatic rings. The van der Waals surface area contributed by atoms with E-state index in [1.54, 1.807) is 11.2 Å². The normalized spacial score (nSPS) is 28.6. The van der Waals surface area contributed by atoms with Crippen LogP contribution < -0.4 is 10.4 Å². The lowest BCUT2D eigenvalue weighted by Gasteiger charge is -2.36. The van der Waals surface area contributed by atoms with Crippen molar-refractivity contribution in [2.45, 2.75) is 25.9 Å². The molecule has 3 atom stereocenters. The topological polar surface area (TPSA) is 70.7 Å². The maximum atomic E-state index is 11.9. The number of nitrogens with one attached hydrogen (secondary N) is 2. The van der Waals surface area contributed by atoms with Crippen molar-refractivity contribution in [2.75, 3.05) is 26.5 Å². The fourth-order valence-corrected chi connectivity index (χ4v) is 3.51. The third kappa shape index (κ3) is 4.17. The Balaban J connectivity index is 2.61. The Morgan fingerprint density at radius 3 is 2.41 bits per heavy atom. The monoisotopic (exact) mass is 281 g/mol. The van der Waals surface area contributed by atoms with E-state index in [0.29, 0.717) is 13.1 Å². The van der Waals surface area contributed by atoms with Crippen LogP contribution in [0.2, 0.25) is 0 Å². The molecule has 1 aliphatic heterocycles. The van der Waals surface area contributed by atoms with Crippen LogP contribution in [0.4, 0.5) is 4.79 Å². The molecule has 1 rings (SSSR count). The smallest absolute Gasteiger partial charge is 0.321 e. The highest BCUT2D eigenvalue weighted by Gasteiger charge is 2.30. The minimum Gasteiger partial charge on any atom is -0.321 e. The fourth-order valence-electron chi connectivity index (χ4n) is 1.85. The number of carbonyl (C=O) groups is 1. The molecule has 1 fully saturated rings. The molecule has 0 spiro atoms. The summed E-state index contributed by atoms with van der Waals surface area (Å²) >= 11 is 1.03. The maximum Gasteiger partial charge on any atom is 0.354 e. The van der Waals surface area contributed by atoms with Crippen LogP contribution in [0, 0.1) is 0 Å². The zero-order valence-electron chi connectivity index (χ0n) is 10.6. The zero-order valence-corrected chi connectivity index (χ0v) is 12.3. The molecule has 0 saturated carbocycles. The molecule has 1 heterocycles. The molecular weight excluding hydrogens is 261 g/mol. The molecule has 2 amide bonds. The molecule has 0 aromatic carbocycles. The summed E-state index contributed by atoms with van der Waals surface area (Å²) in [7, 11) is 1.33. The number of urea groups is 1. The van der Waals surface area contributed by atoms with Gasteiger partial charge >= 0.3 is 12.8 Å². The molecule has 8 heteroatoms. The van der Waals surface area contributed by atoms with Gasteiger partial charge in [0, 0.05) is 32.3 Å². The highest BCUT2D eigenvalue weighted by atomic mass is 32.7. The van der Waals surface area contributed by atoms with Crippen LogP contribution in [0.25, 0.3) is 0 Å². The minimum absolute atomic E-state index is 0.237. The SMILES string of the molecule is COP(=O)(NC(=O)N1CC(C)NC(C)C1)SC. The molecule has 0 aromatic heterocycles. The highest BCUT2D eigenvalue weighted by Crippen LogP contribution is 2.53. The van der Waals surface area contributed by atoms with E-state index in [0.717, 1.165) is 11.4 Å². The minimum atomic E-state index is -3.09. The molecule has 0 radical (unpaired) electrons. The number of hydrogen-bond acceptors (Lipinski definition) is 5. The molecule has 2 N–H and O–H groups in total. The Hall–Kier alpha value is -0.230. The predicted molar refractivity (Wildman–Crippen MR) is 70.3 cm³/mol. The summed E-state index contributed by atoms with van der Waals surface area (Å²) in [6, 6.07) is 0.145. The summed E-state index contributed by atoms with van der Waals surface area (Å²) < 4.78 is 16.8. The number of amides is 2. The van der Waals surface area contributed by atoms with E-state index in [4.69, 9.17) is 4.52 Å². The molecule has 100 valence electrons. The first-order valence-electron chi connectivity index (χ1n) is 5.45. The van der Waals surface area contributed by atoms with Crippen LogP contribution in [-0.2, 0) is 9.09 Å². The van der Waals surface area contributed by atoms with Crippen LogP contribution in [0.5, 0.6) is 0 Å². The van der Waals surface area contributed by atoms with Crippen molar-refractivity contribution >= 4 is 24.1 Å². The number of carbonyl (C=O) groups excluding carboxylic acids is 1. The lowest BCUT2D eigenvalue weighted by Crippen LogP contribution is -2.57. The molecule has 1 saturated heterocycles. The third-order valence-corrected chi connectivity index (χ3v) is 6.15. The number of piperazine rings is 1. The predicted octanol–water partition coefficient (Wildman–Crippen LogP) is 1.50. The second kappa shape index (κ2) is 6.09. The van der Waals surface area contributed by atoms with Crippen molar-refractivity contribution in [3.05, 3.63) is 0 Å². The summed E-state index contributed by atoms with van der Waals surface area (Å²) in [4.78, 5) is 13.6. The molecule has 0 aromatic rings. The van der Waals surface area contributed by atoms with E-state index >= 15 is 0 Å². The third-order valence-electron chi connectivity index (χ3n) is 2.56. The largest absolute Gasteiger partial charge is 0.354 e. The Morgan fingerprint density at radius 2 is 2.00 bits per heavy atom. The fraction of sp³-hybridized carbons (Fsp3) is 0.889. The first kappa shape index (κ1) is 14.8. The number of nitrogens with zero attached hydrogens (tertiary/aromatic N) is 1. The summed E-state index contributed by atoms with van der Waals surface area (Å²) in [6.45, 7) is 2.15. The summed E-state index contributed by atoms with van der Waals surface area (Å²) in [5.41, 5.74) is 0. The summed E-state index contributed by atoms with van der Waals surface area (Å²) in [5.74, 6) is 0. The van der Waals surface area contributed by atoms with Gasteiger partial charge in [-0.1, -0.05) is 11.4 Å². The average Bonchev–Trinajstić information content (AvgIpc) is 2.27. The van der Waals surface area contributed by atoms with Gasteiger partial charge in [0.25, 0.3) is 0 Å². The Bertz CT molecular complexity index is 311. The first-order chi connectivity index (χ1) is 7.90. The molecule has 6 nitrogen and oxygen atoms in total. The average molecular weight is 281 g/mol. The van der Waals surface area contributed by atoms with Crippen molar-refractivity contribution < 1.29 is 13.9 Å². The highest BCUT2D eigenvalue weighted by molar-refractivity contribution is 8.55. The van der Waals surface area contributed by atoms with Crippen LogP contribution in [-0.4, -0.2) is 49.5 Å². The first-order valence-corrected chi connectivity index (χ1v) is 8.90. The molecule has 17 heavy (non-hydrogen) atoms. The van der Waals surface area contributed by atoms with Crippen molar-refractivity contribution in [3.63, 3.8) is 0 Å². The van der Waals surface area contributed by atoms with Crippen molar-refractivity contribution in [1.29, 1.82) is 0 Å². The van der Waals surface area contributed by atoms with Crippen LogP contribution in [0.3, 0.4) is 0 Å². The van der Waals surface area contributed by atoms with Gasteiger partial charge in [-0.25, -0.2) is 4.79 Å². The second-order valence-electron chi connectivity index (χ2n) is 4.15. The van der Waals surface area contributed by atoms with Crippen LogP contribution in [0.1, 0.15) is 13.8 Å². The zero-order chi connectivity index (χ0) is 13.1. The van der Waals surface area contributed by atoms with E-state index in [1.165, 1.54) is 7.11 Å². The van der Waals surface area contributed by atoms with Gasteiger partial charge in [-0.3, -0.25) is 9.65 Å². The van der Waals surface area contributed by atoms with Gasteiger partial charge < -0.3 is 14.7 Å². The van der Waals surface area contributed by atoms with Gasteiger partial charge in [0.05, 0.1) is 0 Å². The Morgan fingerprint density at radius 1 is 1.47 bits per heavy atom. The van der Waals surface area contributed by atoms with E-state index in [-0.39, 0.29) is 18.1 Å². The van der Waals surface area contributed by atoms with Gasteiger partial charge in [0.1, 0.15) is 0 Å². The van der Waals surface area contributed by atoms with Crippen molar-refractivity contribution in [3.8, 4) is 0 Å². The van der Waals surface area contributed by atoms with Crippen molar-refractivity contribution in [2.24, 2.45) is 0 Å². The molecule has 0 bridgehead atoms. The van der Waals surface area contributed by atoms with E-state index in [9.17, 15) is 9.36 Å². The maximum absolute atomic E-state index is 11.9. The number of hydrogen-bond donors (Lipinski definition) is 2. The number of rotatable bonds is 3. The van der Waals surface area contributed by atoms with E-state index in [1.807, 2.05) is 13.8 Å². The molecule has 3 unspecified atom stereocenters. The van der Waals surface area contributed by atoms with Crippen LogP contribution in [0.15, 0.2) is 0 Å². The Labute approximate surface area is 106 Å². The molecular formula is C9H20N3O3PS. The standard InChI is InChI=1S/C9H20N3O3PS/c1-7-5-12(6-8(2)10-7)9(13)11-16(14,15-3)17-4/h7-8,10H,5-6H2,1-4H3,(H,11,13,14). The van der Waals surface area contributed by atoms with Gasteiger partial charge in [-0.15, -0.1) is 0 Å². The lowest BCUT2D eigenvalue weighted by molar-refractivity contribution is 0.169. The lowest BCUT2D eigenvalue weighted by atomic mass is 10.1. The van der Waals surface area contributed by atoms with Gasteiger partial charge in [0.2, 0.25) is 0 Å². The van der Waals surface area contributed by atoms with E-state index in [2.05, 4.69) is 10.4 Å². The van der Waals surface area contributed by atoms with Gasteiger partial charge in [0.15, 0.2) is 0 Å². The van der Waals surface area contributed by atoms with Gasteiger partial charge in [-0.2, -0.15) is 0 Å². The van der Waals surface area contributed by atoms with E-state index < -0.39 is 6.72 Å². The van der Waals surface area contributed by atoms with Gasteiger partial charge in [-0.05, 0) is 20.1 Å². The second-order valence-corrected chi connectivity index (χ2v) is 8.64. The summed E-state index contributed by atoms with van der Waals surface area (Å²) in [6.07, 6.45) is 1.65. The van der Waals surface area contributed by atoms with Crippen LogP contribution >= 0.6 is 18.1 Å². The quantitative estimate of drug-likeness (QED) is 0.767.